The van der Waals surface area contributed by atoms with E-state index in [9.17, 15) is 34.2 Å². The van der Waals surface area contributed by atoms with Gasteiger partial charge in [0.15, 0.2) is 40.2 Å². The van der Waals surface area contributed by atoms with Gasteiger partial charge < -0.3 is 57.6 Å². The second-order valence-corrected chi connectivity index (χ2v) is 19.7. The van der Waals surface area contributed by atoms with E-state index in [1.54, 1.807) is 34.6 Å². The van der Waals surface area contributed by atoms with Crippen molar-refractivity contribution in [3.8, 4) is 23.0 Å². The fourth-order valence-corrected chi connectivity index (χ4v) is 8.71. The van der Waals surface area contributed by atoms with Crippen molar-refractivity contribution in [2.75, 3.05) is 53.9 Å². The Morgan fingerprint density at radius 1 is 0.645 bits per heavy atom. The standard InChI is InChI=1S/C31H41NO9.C26H33NO8/c1-19(2)16-38-28-21(5)40-30(34)24(18-37-17-23(28)14-22-10-8-7-9-11-22)15-25(33)27-29(26(36-6)12-13-32-27)41-31(35)39-20(3)4;1-16(28)13-34-25-17(2)35-26(31)20(12-21(29)23-24(30)22(32-3)9-10-27-23)15-33-14-19(25)11-18-7-5-4-6-8-18/h7-13,19-21,23-24,28H,14-18H2,1-6H3;4-10,16-17,19-20,25,28,30H,11-15H2,1-3H3/t21-,23-,24-,28-;16?,17-,19-,20-,25-/m00/s1. The number of Topliss-reactive ketones (excluding diaryl/α,β-unsaturated/α-hetero) is 2. The van der Waals surface area contributed by atoms with Crippen LogP contribution < -0.4 is 14.2 Å². The van der Waals surface area contributed by atoms with Crippen LogP contribution in [-0.4, -0.2) is 140 Å². The predicted molar refractivity (Wildman–Crippen MR) is 276 cm³/mol. The van der Waals surface area contributed by atoms with Gasteiger partial charge in [-0.1, -0.05) is 74.5 Å². The molecular weight excluding hydrogens is 985 g/mol. The van der Waals surface area contributed by atoms with Gasteiger partial charge in [0.05, 0.1) is 83.5 Å². The third-order valence-corrected chi connectivity index (χ3v) is 12.4. The lowest BCUT2D eigenvalue weighted by atomic mass is 9.91. The fourth-order valence-electron chi connectivity index (χ4n) is 8.71. The molecule has 2 N–H and O–H groups in total. The van der Waals surface area contributed by atoms with E-state index in [0.717, 1.165) is 11.1 Å². The Labute approximate surface area is 444 Å². The molecule has 6 rings (SSSR count). The van der Waals surface area contributed by atoms with Gasteiger partial charge in [-0.05, 0) is 64.5 Å². The highest BCUT2D eigenvalue weighted by atomic mass is 16.7. The second-order valence-electron chi connectivity index (χ2n) is 19.7. The lowest BCUT2D eigenvalue weighted by Crippen LogP contribution is -2.41. The minimum Gasteiger partial charge on any atom is -0.503 e. The minimum atomic E-state index is -1.00. The molecule has 0 aliphatic carbocycles. The minimum absolute atomic E-state index is 0.0313. The number of benzene rings is 2. The van der Waals surface area contributed by atoms with Crippen molar-refractivity contribution in [3.63, 3.8) is 0 Å². The van der Waals surface area contributed by atoms with Crippen molar-refractivity contribution in [3.05, 3.63) is 108 Å². The van der Waals surface area contributed by atoms with Crippen LogP contribution in [-0.2, 0) is 55.6 Å². The van der Waals surface area contributed by atoms with Crippen LogP contribution in [0.5, 0.6) is 23.0 Å². The van der Waals surface area contributed by atoms with E-state index in [1.807, 2.05) is 60.7 Å². The molecule has 0 saturated carbocycles. The van der Waals surface area contributed by atoms with Gasteiger partial charge in [0, 0.05) is 55.8 Å². The number of nitrogens with zero attached hydrogens (tertiary/aromatic N) is 2. The summed E-state index contributed by atoms with van der Waals surface area (Å²) in [6.07, 6.45) is -0.772. The molecule has 4 aromatic rings. The number of carbonyl (C=O) groups excluding carboxylic acids is 5. The van der Waals surface area contributed by atoms with Crippen molar-refractivity contribution >= 4 is 29.7 Å². The number of hydrogen-bond acceptors (Lipinski definition) is 19. The van der Waals surface area contributed by atoms with E-state index >= 15 is 0 Å². The van der Waals surface area contributed by atoms with Crippen molar-refractivity contribution in [2.45, 2.75) is 111 Å². The molecule has 0 spiro atoms. The number of carbonyl (C=O) groups is 5. The number of aromatic hydroxyl groups is 1. The third kappa shape index (κ3) is 18.4. The molecule has 1 unspecified atom stereocenters. The van der Waals surface area contributed by atoms with E-state index in [2.05, 4.69) is 23.8 Å². The Morgan fingerprint density at radius 2 is 1.11 bits per heavy atom. The number of ether oxygens (including phenoxy) is 10. The maximum absolute atomic E-state index is 13.4. The molecule has 19 heteroatoms. The quantitative estimate of drug-likeness (QED) is 0.0491. The predicted octanol–water partition coefficient (Wildman–Crippen LogP) is 7.64. The summed E-state index contributed by atoms with van der Waals surface area (Å²) >= 11 is 0. The van der Waals surface area contributed by atoms with Gasteiger partial charge in [-0.2, -0.15) is 0 Å². The molecule has 414 valence electrons. The summed E-state index contributed by atoms with van der Waals surface area (Å²) in [7, 11) is 2.74. The van der Waals surface area contributed by atoms with Gasteiger partial charge in [-0.25, -0.2) is 14.8 Å². The van der Waals surface area contributed by atoms with Gasteiger partial charge in [0.25, 0.3) is 0 Å². The molecule has 0 bridgehead atoms. The number of esters is 2. The first kappa shape index (κ1) is 60.4. The lowest BCUT2D eigenvalue weighted by molar-refractivity contribution is -0.164. The van der Waals surface area contributed by atoms with E-state index < -0.39 is 78.1 Å². The summed E-state index contributed by atoms with van der Waals surface area (Å²) in [5.74, 6) is -4.29. The lowest BCUT2D eigenvalue weighted by Gasteiger charge is -2.31. The maximum atomic E-state index is 13.4. The van der Waals surface area contributed by atoms with Gasteiger partial charge in [0.1, 0.15) is 12.2 Å². The van der Waals surface area contributed by atoms with E-state index in [0.29, 0.717) is 32.0 Å². The first-order chi connectivity index (χ1) is 36.4. The highest BCUT2D eigenvalue weighted by Gasteiger charge is 2.39. The Balaban J connectivity index is 0.000000284. The summed E-state index contributed by atoms with van der Waals surface area (Å²) in [5.41, 5.74) is 1.86. The van der Waals surface area contributed by atoms with Crippen LogP contribution in [0.15, 0.2) is 85.2 Å². The summed E-state index contributed by atoms with van der Waals surface area (Å²) in [4.78, 5) is 72.9. The Hall–Kier alpha value is -6.51. The molecule has 2 aromatic carbocycles. The van der Waals surface area contributed by atoms with Crippen molar-refractivity contribution in [1.82, 2.24) is 9.97 Å². The van der Waals surface area contributed by atoms with Gasteiger partial charge in [-0.3, -0.25) is 19.2 Å². The molecule has 2 aromatic heterocycles. The van der Waals surface area contributed by atoms with Crippen molar-refractivity contribution < 1.29 is 81.6 Å². The molecule has 0 amide bonds. The number of methoxy groups -OCH3 is 2. The largest absolute Gasteiger partial charge is 0.514 e. The molecule has 9 atom stereocenters. The average molecular weight is 1060 g/mol. The van der Waals surface area contributed by atoms with Crippen LogP contribution in [0.25, 0.3) is 0 Å². The van der Waals surface area contributed by atoms with Crippen LogP contribution in [0.3, 0.4) is 0 Å². The molecule has 2 aliphatic rings. The number of aromatic nitrogens is 2. The molecule has 2 aliphatic heterocycles. The fraction of sp³-hybridized carbons (Fsp3) is 0.526. The van der Waals surface area contributed by atoms with Gasteiger partial charge >= 0.3 is 18.1 Å². The van der Waals surface area contributed by atoms with Gasteiger partial charge in [-0.15, -0.1) is 0 Å². The molecule has 2 fully saturated rings. The number of rotatable bonds is 20. The van der Waals surface area contributed by atoms with Crippen LogP contribution in [0.1, 0.15) is 93.4 Å². The summed E-state index contributed by atoms with van der Waals surface area (Å²) in [5, 5.41) is 20.0. The number of pyridine rings is 2. The monoisotopic (exact) mass is 1060 g/mol. The smallest absolute Gasteiger partial charge is 0.503 e. The zero-order valence-corrected chi connectivity index (χ0v) is 44.9. The third-order valence-electron chi connectivity index (χ3n) is 12.4. The normalized spacial score (nSPS) is 22.6. The molecule has 2 saturated heterocycles. The highest BCUT2D eigenvalue weighted by Crippen LogP contribution is 2.34. The molecular formula is C57H74N2O17. The van der Waals surface area contributed by atoms with E-state index in [4.69, 9.17) is 47.4 Å². The van der Waals surface area contributed by atoms with Crippen LogP contribution in [0.2, 0.25) is 0 Å². The Morgan fingerprint density at radius 3 is 1.57 bits per heavy atom. The zero-order valence-electron chi connectivity index (χ0n) is 44.9. The van der Waals surface area contributed by atoms with Crippen LogP contribution >= 0.6 is 0 Å². The maximum Gasteiger partial charge on any atom is 0.514 e. The molecule has 4 heterocycles. The van der Waals surface area contributed by atoms with Gasteiger partial charge in [0.2, 0.25) is 5.75 Å². The number of aliphatic hydroxyl groups is 1. The Bertz CT molecular complexity index is 2470. The SMILES string of the molecule is COc1ccnc(C(=O)C[C@H]2COC[C@H](Cc3ccccc3)[C@@H](OCC(C)C)[C@H](C)OC2=O)c1OC(=O)OC(C)C.COc1ccnc(C(=O)C[C@H]2COC[C@H](Cc3ccccc3)[C@@H](OCC(C)O)[C@H](C)OC2=O)c1O. The molecule has 76 heavy (non-hydrogen) atoms. The number of cyclic esters (lactones) is 2. The topological polar surface area (TPSA) is 244 Å². The highest BCUT2D eigenvalue weighted by molar-refractivity contribution is 6.00. The summed E-state index contributed by atoms with van der Waals surface area (Å²) in [6, 6.07) is 22.7. The second kappa shape index (κ2) is 30.3. The van der Waals surface area contributed by atoms with E-state index in [1.165, 1.54) is 38.7 Å². The van der Waals surface area contributed by atoms with Crippen LogP contribution in [0, 0.1) is 29.6 Å². The van der Waals surface area contributed by atoms with Crippen LogP contribution in [0.4, 0.5) is 4.79 Å². The molecule has 19 nitrogen and oxygen atoms in total. The average Bonchev–Trinajstić information content (AvgIpc) is 3.46. The summed E-state index contributed by atoms with van der Waals surface area (Å²) in [6.45, 7) is 13.7. The Kier molecular flexibility index (Phi) is 24.1. The zero-order chi connectivity index (χ0) is 55.3. The number of aliphatic hydroxyl groups excluding tert-OH is 1. The first-order valence-electron chi connectivity index (χ1n) is 25.6. The number of hydrogen-bond donors (Lipinski definition) is 2. The summed E-state index contributed by atoms with van der Waals surface area (Å²) < 4.78 is 56.4. The van der Waals surface area contributed by atoms with Crippen molar-refractivity contribution in [2.24, 2.45) is 29.6 Å². The van der Waals surface area contributed by atoms with E-state index in [-0.39, 0.29) is 85.5 Å². The number of ketones is 2. The first-order valence-corrected chi connectivity index (χ1v) is 25.6. The van der Waals surface area contributed by atoms with Crippen molar-refractivity contribution in [1.29, 1.82) is 0 Å². The molecule has 0 radical (unpaired) electrons.